The Morgan fingerprint density at radius 2 is 1.36 bits per heavy atom. The van der Waals surface area contributed by atoms with Crippen molar-refractivity contribution in [3.63, 3.8) is 0 Å². The Bertz CT molecular complexity index is 703. The van der Waals surface area contributed by atoms with Crippen LogP contribution >= 0.6 is 7.82 Å². The summed E-state index contributed by atoms with van der Waals surface area (Å²) in [6.45, 7) is 3.85. The second-order valence-corrected chi connectivity index (χ2v) is 11.1. The van der Waals surface area contributed by atoms with E-state index in [-0.39, 0.29) is 26.1 Å². The molecule has 0 aliphatic heterocycles. The van der Waals surface area contributed by atoms with Crippen molar-refractivity contribution in [3.05, 3.63) is 24.3 Å². The number of esters is 2. The van der Waals surface area contributed by atoms with Gasteiger partial charge in [0.25, 0.3) is 7.82 Å². The summed E-state index contributed by atoms with van der Waals surface area (Å²) in [6.07, 6.45) is 14.5. The predicted molar refractivity (Wildman–Crippen MR) is 139 cm³/mol. The van der Waals surface area contributed by atoms with Crippen LogP contribution < -0.4 is 4.89 Å². The van der Waals surface area contributed by atoms with E-state index in [9.17, 15) is 19.0 Å². The number of rotatable bonds is 22. The van der Waals surface area contributed by atoms with Gasteiger partial charge in [0.1, 0.15) is 19.8 Å². The van der Waals surface area contributed by atoms with Crippen LogP contribution in [-0.2, 0) is 32.7 Å². The highest BCUT2D eigenvalue weighted by Crippen LogP contribution is 2.38. The Labute approximate surface area is 218 Å². The summed E-state index contributed by atoms with van der Waals surface area (Å²) in [5.74, 6) is -0.943. The molecule has 0 saturated heterocycles. The fourth-order valence-corrected chi connectivity index (χ4v) is 3.52. The Hall–Kier alpha value is -1.51. The molecule has 0 rings (SSSR count). The van der Waals surface area contributed by atoms with E-state index in [1.165, 1.54) is 0 Å². The minimum Gasteiger partial charge on any atom is -0.756 e. The van der Waals surface area contributed by atoms with Crippen molar-refractivity contribution in [2.75, 3.05) is 47.5 Å². The van der Waals surface area contributed by atoms with Crippen LogP contribution in [0, 0.1) is 0 Å². The molecule has 0 spiro atoms. The average molecular weight is 534 g/mol. The first-order valence-electron chi connectivity index (χ1n) is 13.0. The fraction of sp³-hybridized carbons (Fsp3) is 0.769. The molecule has 0 bridgehead atoms. The highest BCUT2D eigenvalue weighted by atomic mass is 31.2. The van der Waals surface area contributed by atoms with Gasteiger partial charge < -0.3 is 27.9 Å². The zero-order valence-electron chi connectivity index (χ0n) is 22.9. The van der Waals surface area contributed by atoms with Crippen molar-refractivity contribution >= 4 is 19.8 Å². The zero-order chi connectivity index (χ0) is 27.3. The molecule has 0 aromatic carbocycles. The first kappa shape index (κ1) is 34.5. The summed E-state index contributed by atoms with van der Waals surface area (Å²) in [5, 5.41) is 0. The van der Waals surface area contributed by atoms with Gasteiger partial charge in [-0.25, -0.2) is 0 Å². The molecule has 0 aliphatic carbocycles. The number of nitrogens with zero attached hydrogens (tertiary/aromatic N) is 1. The summed E-state index contributed by atoms with van der Waals surface area (Å²) >= 11 is 0. The molecule has 1 unspecified atom stereocenters. The number of hydrogen-bond acceptors (Lipinski definition) is 8. The maximum atomic E-state index is 12.3. The van der Waals surface area contributed by atoms with Gasteiger partial charge >= 0.3 is 11.9 Å². The molecule has 10 heteroatoms. The average Bonchev–Trinajstić information content (AvgIpc) is 2.79. The number of unbranched alkanes of at least 4 members (excludes halogenated alkanes) is 4. The lowest BCUT2D eigenvalue weighted by Crippen LogP contribution is -2.37. The van der Waals surface area contributed by atoms with E-state index in [2.05, 4.69) is 26.0 Å². The quantitative estimate of drug-likeness (QED) is 0.0647. The Morgan fingerprint density at radius 3 is 1.89 bits per heavy atom. The van der Waals surface area contributed by atoms with E-state index in [0.717, 1.165) is 38.5 Å². The lowest BCUT2D eigenvalue weighted by molar-refractivity contribution is -0.870. The summed E-state index contributed by atoms with van der Waals surface area (Å²) in [4.78, 5) is 36.4. The fourth-order valence-electron chi connectivity index (χ4n) is 2.79. The number of ether oxygens (including phenoxy) is 2. The number of carbonyl (C=O) groups excluding carboxylic acids is 2. The van der Waals surface area contributed by atoms with Crippen LogP contribution in [0.4, 0.5) is 0 Å². The molecule has 9 nitrogen and oxygen atoms in total. The van der Waals surface area contributed by atoms with E-state index in [1.54, 1.807) is 0 Å². The monoisotopic (exact) mass is 533 g/mol. The molecule has 0 aromatic heterocycles. The number of quaternary nitrogens is 1. The van der Waals surface area contributed by atoms with Gasteiger partial charge in [0.15, 0.2) is 6.10 Å². The van der Waals surface area contributed by atoms with Gasteiger partial charge in [0, 0.05) is 12.8 Å². The zero-order valence-corrected chi connectivity index (χ0v) is 23.8. The van der Waals surface area contributed by atoms with E-state index in [4.69, 9.17) is 18.5 Å². The molecular weight excluding hydrogens is 485 g/mol. The number of hydrogen-bond donors (Lipinski definition) is 0. The third-order valence-corrected chi connectivity index (χ3v) is 5.87. The third-order valence-electron chi connectivity index (χ3n) is 4.91. The molecule has 0 N–H and O–H groups in total. The minimum absolute atomic E-state index is 0.0397. The number of allylic oxidation sites excluding steroid dienone is 4. The first-order chi connectivity index (χ1) is 17.0. The van der Waals surface area contributed by atoms with Gasteiger partial charge in [-0.1, -0.05) is 51.0 Å². The van der Waals surface area contributed by atoms with Crippen LogP contribution in [0.2, 0.25) is 0 Å². The van der Waals surface area contributed by atoms with Crippen LogP contribution in [0.25, 0.3) is 0 Å². The van der Waals surface area contributed by atoms with Crippen molar-refractivity contribution < 1.29 is 42.1 Å². The van der Waals surface area contributed by atoms with Gasteiger partial charge in [0.2, 0.25) is 0 Å². The summed E-state index contributed by atoms with van der Waals surface area (Å²) in [7, 11) is 1.12. The van der Waals surface area contributed by atoms with Gasteiger partial charge in [-0.2, -0.15) is 0 Å². The maximum Gasteiger partial charge on any atom is 0.306 e. The highest BCUT2D eigenvalue weighted by Gasteiger charge is 2.21. The van der Waals surface area contributed by atoms with Gasteiger partial charge in [-0.05, 0) is 38.5 Å². The molecule has 0 saturated carbocycles. The molecular formula is C26H48NO8P. The summed E-state index contributed by atoms with van der Waals surface area (Å²) in [6, 6.07) is 0. The molecule has 0 aromatic rings. The second-order valence-electron chi connectivity index (χ2n) is 9.69. The van der Waals surface area contributed by atoms with E-state index >= 15 is 0 Å². The number of phosphoric ester groups is 1. The summed E-state index contributed by atoms with van der Waals surface area (Å²) < 4.78 is 33.0. The van der Waals surface area contributed by atoms with Gasteiger partial charge in [0.05, 0.1) is 27.7 Å². The van der Waals surface area contributed by atoms with Crippen LogP contribution in [0.3, 0.4) is 0 Å². The van der Waals surface area contributed by atoms with Crippen LogP contribution in [0.1, 0.15) is 78.1 Å². The van der Waals surface area contributed by atoms with Gasteiger partial charge in [-0.3, -0.25) is 14.2 Å². The normalized spacial score (nSPS) is 14.7. The van der Waals surface area contributed by atoms with E-state index in [0.29, 0.717) is 23.9 Å². The number of phosphoric acid groups is 1. The standard InChI is InChI=1S/C26H48NO8P/c1-6-8-10-12-14-16-18-25(28)32-22-24(35-26(29)19-17-15-13-11-9-7-2)23-34-36(30,31)33-21-20-27(3,4)5/h10-13,24H,6-9,14-23H2,1-5H3/b12-10-,13-11-/t24-/m1/s1. The molecule has 210 valence electrons. The smallest absolute Gasteiger partial charge is 0.306 e. The lowest BCUT2D eigenvalue weighted by Gasteiger charge is -2.28. The molecule has 0 amide bonds. The second kappa shape index (κ2) is 20.5. The Morgan fingerprint density at radius 1 is 0.833 bits per heavy atom. The SMILES string of the molecule is CCC/C=C\CCCC(=O)OC[C@H](COP(=O)([O-])OCC[N+](C)(C)C)OC(=O)CCC/C=C\CCC. The van der Waals surface area contributed by atoms with E-state index < -0.39 is 32.5 Å². The Kier molecular flexibility index (Phi) is 19.7. The van der Waals surface area contributed by atoms with Crippen molar-refractivity contribution in [2.45, 2.75) is 84.2 Å². The number of carbonyl (C=O) groups is 2. The summed E-state index contributed by atoms with van der Waals surface area (Å²) in [5.41, 5.74) is 0. The molecule has 0 fully saturated rings. The van der Waals surface area contributed by atoms with Crippen LogP contribution in [0.5, 0.6) is 0 Å². The maximum absolute atomic E-state index is 12.3. The van der Waals surface area contributed by atoms with Crippen LogP contribution in [-0.4, -0.2) is 70.0 Å². The van der Waals surface area contributed by atoms with Crippen LogP contribution in [0.15, 0.2) is 24.3 Å². The molecule has 2 atom stereocenters. The van der Waals surface area contributed by atoms with Crippen molar-refractivity contribution in [2.24, 2.45) is 0 Å². The Balaban J connectivity index is 4.70. The molecule has 0 radical (unpaired) electrons. The lowest BCUT2D eigenvalue weighted by atomic mass is 10.2. The van der Waals surface area contributed by atoms with Crippen molar-refractivity contribution in [3.8, 4) is 0 Å². The van der Waals surface area contributed by atoms with Crippen molar-refractivity contribution in [1.82, 2.24) is 0 Å². The van der Waals surface area contributed by atoms with Crippen molar-refractivity contribution in [1.29, 1.82) is 0 Å². The molecule has 36 heavy (non-hydrogen) atoms. The molecule has 0 aliphatic rings. The minimum atomic E-state index is -4.60. The highest BCUT2D eigenvalue weighted by molar-refractivity contribution is 7.45. The topological polar surface area (TPSA) is 111 Å². The first-order valence-corrected chi connectivity index (χ1v) is 14.5. The largest absolute Gasteiger partial charge is 0.756 e. The molecule has 0 heterocycles. The number of likely N-dealkylation sites (N-methyl/N-ethyl adjacent to an activating group) is 1. The third kappa shape index (κ3) is 22.9. The van der Waals surface area contributed by atoms with Gasteiger partial charge in [-0.15, -0.1) is 0 Å². The van der Waals surface area contributed by atoms with E-state index in [1.807, 2.05) is 33.3 Å². The predicted octanol–water partition coefficient (Wildman–Crippen LogP) is 4.70.